The van der Waals surface area contributed by atoms with Crippen LogP contribution < -0.4 is 5.73 Å². The van der Waals surface area contributed by atoms with Crippen LogP contribution in [0.3, 0.4) is 0 Å². The van der Waals surface area contributed by atoms with Crippen LogP contribution in [-0.4, -0.2) is 0 Å². The molecule has 66 valence electrons. The number of nitrogens with two attached hydrogens (primary N) is 1. The van der Waals surface area contributed by atoms with Gasteiger partial charge in [-0.05, 0) is 40.0 Å². The zero-order chi connectivity index (χ0) is 9.14. The molecule has 1 nitrogen and oxygen atoms in total. The van der Waals surface area contributed by atoms with Crippen LogP contribution in [0.15, 0.2) is 22.7 Å². The number of rotatable bonds is 2. The molecular weight excluding hydrogens is 221 g/mol. The van der Waals surface area contributed by atoms with Crippen LogP contribution >= 0.6 is 15.9 Å². The lowest BCUT2D eigenvalue weighted by molar-refractivity contribution is 0.616. The number of hydrogen-bond donors (Lipinski definition) is 1. The molecule has 0 aliphatic carbocycles. The Morgan fingerprint density at radius 1 is 1.58 bits per heavy atom. The monoisotopic (exact) mass is 231 g/mol. The van der Waals surface area contributed by atoms with Gasteiger partial charge in [-0.15, -0.1) is 0 Å². The molecule has 0 bridgehead atoms. The van der Waals surface area contributed by atoms with E-state index in [-0.39, 0.29) is 11.9 Å². The van der Waals surface area contributed by atoms with E-state index >= 15 is 0 Å². The maximum Gasteiger partial charge on any atom is 0.137 e. The molecule has 1 rings (SSSR count). The predicted octanol–water partition coefficient (Wildman–Crippen LogP) is 3.00. The van der Waals surface area contributed by atoms with Crippen LogP contribution in [0.25, 0.3) is 0 Å². The summed E-state index contributed by atoms with van der Waals surface area (Å²) in [6.45, 7) is 2.00. The summed E-state index contributed by atoms with van der Waals surface area (Å²) in [5.74, 6) is -0.248. The van der Waals surface area contributed by atoms with E-state index < -0.39 is 0 Å². The van der Waals surface area contributed by atoms with Crippen LogP contribution in [0.5, 0.6) is 0 Å². The summed E-state index contributed by atoms with van der Waals surface area (Å²) in [5, 5.41) is 0. The molecule has 0 heterocycles. The van der Waals surface area contributed by atoms with Gasteiger partial charge in [-0.3, -0.25) is 0 Å². The Labute approximate surface area is 79.9 Å². The Morgan fingerprint density at radius 2 is 2.25 bits per heavy atom. The highest BCUT2D eigenvalue weighted by atomic mass is 79.9. The van der Waals surface area contributed by atoms with E-state index in [2.05, 4.69) is 15.9 Å². The van der Waals surface area contributed by atoms with Crippen LogP contribution in [0.2, 0.25) is 0 Å². The largest absolute Gasteiger partial charge is 0.324 e. The summed E-state index contributed by atoms with van der Waals surface area (Å²) in [5.41, 5.74) is 6.73. The summed E-state index contributed by atoms with van der Waals surface area (Å²) in [6.07, 6.45) is 0.859. The van der Waals surface area contributed by atoms with Crippen molar-refractivity contribution in [2.45, 2.75) is 19.4 Å². The van der Waals surface area contributed by atoms with Crippen LogP contribution in [-0.2, 0) is 0 Å². The molecule has 0 unspecified atom stereocenters. The molecule has 0 aliphatic heterocycles. The van der Waals surface area contributed by atoms with Crippen molar-refractivity contribution >= 4 is 15.9 Å². The second kappa shape index (κ2) is 4.01. The summed E-state index contributed by atoms with van der Waals surface area (Å²) in [4.78, 5) is 0. The van der Waals surface area contributed by atoms with Gasteiger partial charge in [0.25, 0.3) is 0 Å². The van der Waals surface area contributed by atoms with Gasteiger partial charge in [0.2, 0.25) is 0 Å². The molecule has 1 aromatic rings. The Balaban J connectivity index is 2.96. The smallest absolute Gasteiger partial charge is 0.137 e. The van der Waals surface area contributed by atoms with Crippen molar-refractivity contribution in [1.29, 1.82) is 0 Å². The fourth-order valence-corrected chi connectivity index (χ4v) is 1.38. The minimum atomic E-state index is -0.248. The number of halogens is 2. The Kier molecular flexibility index (Phi) is 3.23. The van der Waals surface area contributed by atoms with Gasteiger partial charge in [0, 0.05) is 6.04 Å². The molecule has 0 aromatic heterocycles. The molecule has 0 aliphatic rings. The molecule has 0 spiro atoms. The third-order valence-electron chi connectivity index (χ3n) is 1.81. The number of benzene rings is 1. The SMILES string of the molecule is CC[C@@H](N)c1ccc(F)c(Br)c1. The van der Waals surface area contributed by atoms with Crippen molar-refractivity contribution in [2.24, 2.45) is 5.73 Å². The topological polar surface area (TPSA) is 26.0 Å². The first-order chi connectivity index (χ1) is 5.65. The fourth-order valence-electron chi connectivity index (χ4n) is 0.979. The molecule has 0 radical (unpaired) electrons. The summed E-state index contributed by atoms with van der Waals surface area (Å²) >= 11 is 3.11. The summed E-state index contributed by atoms with van der Waals surface area (Å²) in [6, 6.07) is 4.87. The zero-order valence-electron chi connectivity index (χ0n) is 6.85. The van der Waals surface area contributed by atoms with E-state index in [0.717, 1.165) is 12.0 Å². The molecule has 12 heavy (non-hydrogen) atoms. The predicted molar refractivity (Wildman–Crippen MR) is 51.3 cm³/mol. The quantitative estimate of drug-likeness (QED) is 0.833. The van der Waals surface area contributed by atoms with Gasteiger partial charge in [0.05, 0.1) is 4.47 Å². The van der Waals surface area contributed by atoms with Gasteiger partial charge in [-0.25, -0.2) is 4.39 Å². The van der Waals surface area contributed by atoms with E-state index in [1.54, 1.807) is 12.1 Å². The standard InChI is InChI=1S/C9H11BrFN/c1-2-9(12)6-3-4-8(11)7(10)5-6/h3-5,9H,2,12H2,1H3/t9-/m1/s1. The minimum Gasteiger partial charge on any atom is -0.324 e. The fraction of sp³-hybridized carbons (Fsp3) is 0.333. The molecule has 0 saturated carbocycles. The van der Waals surface area contributed by atoms with Crippen LogP contribution in [0.1, 0.15) is 24.9 Å². The van der Waals surface area contributed by atoms with Crippen LogP contribution in [0, 0.1) is 5.82 Å². The van der Waals surface area contributed by atoms with Gasteiger partial charge in [0.15, 0.2) is 0 Å². The first-order valence-electron chi connectivity index (χ1n) is 3.85. The third-order valence-corrected chi connectivity index (χ3v) is 2.42. The Morgan fingerprint density at radius 3 is 2.75 bits per heavy atom. The average Bonchev–Trinajstić information content (AvgIpc) is 2.08. The van der Waals surface area contributed by atoms with Crippen molar-refractivity contribution in [3.8, 4) is 0 Å². The number of hydrogen-bond acceptors (Lipinski definition) is 1. The van der Waals surface area contributed by atoms with E-state index in [0.29, 0.717) is 4.47 Å². The van der Waals surface area contributed by atoms with Gasteiger partial charge >= 0.3 is 0 Å². The van der Waals surface area contributed by atoms with Gasteiger partial charge in [-0.2, -0.15) is 0 Å². The second-order valence-electron chi connectivity index (χ2n) is 2.69. The van der Waals surface area contributed by atoms with Crippen molar-refractivity contribution in [2.75, 3.05) is 0 Å². The molecule has 1 aromatic carbocycles. The minimum absolute atomic E-state index is 0.00176. The van der Waals surface area contributed by atoms with Crippen molar-refractivity contribution in [3.05, 3.63) is 34.1 Å². The van der Waals surface area contributed by atoms with E-state index in [1.165, 1.54) is 6.07 Å². The van der Waals surface area contributed by atoms with Crippen molar-refractivity contribution < 1.29 is 4.39 Å². The first kappa shape index (κ1) is 9.68. The van der Waals surface area contributed by atoms with Gasteiger partial charge in [-0.1, -0.05) is 13.0 Å². The molecule has 0 fully saturated rings. The van der Waals surface area contributed by atoms with E-state index in [1.807, 2.05) is 6.92 Å². The third kappa shape index (κ3) is 2.05. The maximum absolute atomic E-state index is 12.8. The first-order valence-corrected chi connectivity index (χ1v) is 4.65. The highest BCUT2D eigenvalue weighted by Gasteiger charge is 2.05. The Bertz CT molecular complexity index is 275. The Hall–Kier alpha value is -0.410. The molecule has 2 N–H and O–H groups in total. The molecule has 0 amide bonds. The normalized spacial score (nSPS) is 13.0. The molecule has 0 saturated heterocycles. The van der Waals surface area contributed by atoms with E-state index in [4.69, 9.17) is 5.73 Å². The molecule has 3 heteroatoms. The zero-order valence-corrected chi connectivity index (χ0v) is 8.44. The van der Waals surface area contributed by atoms with Crippen molar-refractivity contribution in [1.82, 2.24) is 0 Å². The molecule has 1 atom stereocenters. The highest BCUT2D eigenvalue weighted by molar-refractivity contribution is 9.10. The van der Waals surface area contributed by atoms with Crippen molar-refractivity contribution in [3.63, 3.8) is 0 Å². The maximum atomic E-state index is 12.8. The lowest BCUT2D eigenvalue weighted by atomic mass is 10.1. The summed E-state index contributed by atoms with van der Waals surface area (Å²) in [7, 11) is 0. The van der Waals surface area contributed by atoms with Crippen LogP contribution in [0.4, 0.5) is 4.39 Å². The molecular formula is C9H11BrFN. The van der Waals surface area contributed by atoms with E-state index in [9.17, 15) is 4.39 Å². The second-order valence-corrected chi connectivity index (χ2v) is 3.54. The highest BCUT2D eigenvalue weighted by Crippen LogP contribution is 2.21. The lowest BCUT2D eigenvalue weighted by Gasteiger charge is -2.09. The van der Waals surface area contributed by atoms with Gasteiger partial charge in [0.1, 0.15) is 5.82 Å². The van der Waals surface area contributed by atoms with Gasteiger partial charge < -0.3 is 5.73 Å². The average molecular weight is 232 g/mol. The summed E-state index contributed by atoms with van der Waals surface area (Å²) < 4.78 is 13.3. The lowest BCUT2D eigenvalue weighted by Crippen LogP contribution is -2.08.